The predicted octanol–water partition coefficient (Wildman–Crippen LogP) is 2.21. The SMILES string of the molecule is CN(C=Cc1ccccc1)C1CCN(C=O)CC1. The summed E-state index contributed by atoms with van der Waals surface area (Å²) in [6.07, 6.45) is 7.32. The molecule has 1 aromatic rings. The van der Waals surface area contributed by atoms with E-state index in [1.54, 1.807) is 0 Å². The Morgan fingerprint density at radius 2 is 1.89 bits per heavy atom. The molecule has 0 atom stereocenters. The molecule has 2 rings (SSSR count). The lowest BCUT2D eigenvalue weighted by molar-refractivity contribution is -0.119. The molecule has 96 valence electrons. The lowest BCUT2D eigenvalue weighted by Gasteiger charge is -2.34. The molecule has 1 aliphatic rings. The topological polar surface area (TPSA) is 23.6 Å². The van der Waals surface area contributed by atoms with E-state index in [9.17, 15) is 4.79 Å². The summed E-state index contributed by atoms with van der Waals surface area (Å²) in [7, 11) is 2.11. The number of carbonyl (C=O) groups is 1. The summed E-state index contributed by atoms with van der Waals surface area (Å²) < 4.78 is 0. The van der Waals surface area contributed by atoms with Gasteiger partial charge in [0.25, 0.3) is 0 Å². The Morgan fingerprint density at radius 1 is 1.22 bits per heavy atom. The molecule has 0 spiro atoms. The van der Waals surface area contributed by atoms with Gasteiger partial charge in [0.15, 0.2) is 0 Å². The van der Waals surface area contributed by atoms with Crippen LogP contribution in [0.25, 0.3) is 6.08 Å². The number of nitrogens with zero attached hydrogens (tertiary/aromatic N) is 2. The second kappa shape index (κ2) is 6.24. The Balaban J connectivity index is 1.87. The van der Waals surface area contributed by atoms with Gasteiger partial charge in [-0.25, -0.2) is 0 Å². The average molecular weight is 244 g/mol. The Hall–Kier alpha value is -1.77. The van der Waals surface area contributed by atoms with E-state index in [-0.39, 0.29) is 0 Å². The molecule has 3 nitrogen and oxygen atoms in total. The van der Waals surface area contributed by atoms with Gasteiger partial charge in [0.05, 0.1) is 0 Å². The minimum atomic E-state index is 0.543. The van der Waals surface area contributed by atoms with Crippen molar-refractivity contribution in [1.82, 2.24) is 9.80 Å². The molecule has 1 heterocycles. The first-order valence-electron chi connectivity index (χ1n) is 6.44. The number of amides is 1. The maximum Gasteiger partial charge on any atom is 0.209 e. The molecule has 0 aromatic heterocycles. The van der Waals surface area contributed by atoms with Gasteiger partial charge in [0.1, 0.15) is 0 Å². The van der Waals surface area contributed by atoms with E-state index in [0.717, 1.165) is 32.3 Å². The third kappa shape index (κ3) is 3.36. The molecule has 0 aliphatic carbocycles. The fourth-order valence-corrected chi connectivity index (χ4v) is 2.29. The van der Waals surface area contributed by atoms with Crippen LogP contribution >= 0.6 is 0 Å². The van der Waals surface area contributed by atoms with Crippen molar-refractivity contribution in [2.24, 2.45) is 0 Å². The number of likely N-dealkylation sites (tertiary alicyclic amines) is 1. The average Bonchev–Trinajstić information content (AvgIpc) is 2.46. The number of carbonyl (C=O) groups excluding carboxylic acids is 1. The fourth-order valence-electron chi connectivity index (χ4n) is 2.29. The summed E-state index contributed by atoms with van der Waals surface area (Å²) >= 11 is 0. The molecule has 1 amide bonds. The van der Waals surface area contributed by atoms with Crippen molar-refractivity contribution in [3.63, 3.8) is 0 Å². The highest BCUT2D eigenvalue weighted by Gasteiger charge is 2.19. The second-order valence-electron chi connectivity index (χ2n) is 4.76. The highest BCUT2D eigenvalue weighted by atomic mass is 16.1. The summed E-state index contributed by atoms with van der Waals surface area (Å²) in [5, 5.41) is 0. The van der Waals surface area contributed by atoms with Crippen LogP contribution in [-0.2, 0) is 4.79 Å². The van der Waals surface area contributed by atoms with Gasteiger partial charge in [-0.2, -0.15) is 0 Å². The maximum absolute atomic E-state index is 10.6. The molecule has 0 radical (unpaired) electrons. The molecular weight excluding hydrogens is 224 g/mol. The Morgan fingerprint density at radius 3 is 2.50 bits per heavy atom. The van der Waals surface area contributed by atoms with E-state index in [2.05, 4.69) is 36.4 Å². The largest absolute Gasteiger partial charge is 0.377 e. The van der Waals surface area contributed by atoms with Gasteiger partial charge < -0.3 is 9.80 Å². The van der Waals surface area contributed by atoms with Crippen LogP contribution in [0, 0.1) is 0 Å². The molecule has 18 heavy (non-hydrogen) atoms. The van der Waals surface area contributed by atoms with Crippen molar-refractivity contribution in [2.75, 3.05) is 20.1 Å². The number of hydrogen-bond donors (Lipinski definition) is 0. The number of piperidine rings is 1. The minimum Gasteiger partial charge on any atom is -0.377 e. The smallest absolute Gasteiger partial charge is 0.209 e. The predicted molar refractivity (Wildman–Crippen MR) is 73.9 cm³/mol. The van der Waals surface area contributed by atoms with E-state index < -0.39 is 0 Å². The van der Waals surface area contributed by atoms with Gasteiger partial charge in [-0.1, -0.05) is 30.3 Å². The van der Waals surface area contributed by atoms with Crippen LogP contribution in [0.5, 0.6) is 0 Å². The van der Waals surface area contributed by atoms with Gasteiger partial charge in [0, 0.05) is 26.2 Å². The van der Waals surface area contributed by atoms with E-state index in [1.165, 1.54) is 5.56 Å². The van der Waals surface area contributed by atoms with Gasteiger partial charge in [0.2, 0.25) is 6.41 Å². The van der Waals surface area contributed by atoms with Gasteiger partial charge in [-0.05, 0) is 30.7 Å². The van der Waals surface area contributed by atoms with Crippen molar-refractivity contribution in [1.29, 1.82) is 0 Å². The molecule has 1 fully saturated rings. The zero-order chi connectivity index (χ0) is 12.8. The van der Waals surface area contributed by atoms with Crippen LogP contribution in [0.4, 0.5) is 0 Å². The van der Waals surface area contributed by atoms with Crippen LogP contribution in [0.1, 0.15) is 18.4 Å². The molecule has 0 unspecified atom stereocenters. The van der Waals surface area contributed by atoms with Crippen LogP contribution in [0.15, 0.2) is 36.5 Å². The van der Waals surface area contributed by atoms with Gasteiger partial charge >= 0.3 is 0 Å². The lowest BCUT2D eigenvalue weighted by Crippen LogP contribution is -2.40. The van der Waals surface area contributed by atoms with Crippen molar-refractivity contribution < 1.29 is 4.79 Å². The molecule has 0 N–H and O–H groups in total. The highest BCUT2D eigenvalue weighted by molar-refractivity contribution is 5.48. The van der Waals surface area contributed by atoms with Gasteiger partial charge in [-0.3, -0.25) is 4.79 Å². The normalized spacial score (nSPS) is 17.1. The molecular formula is C15H20N2O. The number of rotatable bonds is 4. The summed E-state index contributed by atoms with van der Waals surface area (Å²) in [4.78, 5) is 14.8. The molecule has 3 heteroatoms. The lowest BCUT2D eigenvalue weighted by atomic mass is 10.0. The van der Waals surface area contributed by atoms with E-state index in [0.29, 0.717) is 6.04 Å². The summed E-state index contributed by atoms with van der Waals surface area (Å²) in [6.45, 7) is 1.75. The van der Waals surface area contributed by atoms with E-state index >= 15 is 0 Å². The third-order valence-electron chi connectivity index (χ3n) is 3.53. The highest BCUT2D eigenvalue weighted by Crippen LogP contribution is 2.15. The second-order valence-corrected chi connectivity index (χ2v) is 4.76. The third-order valence-corrected chi connectivity index (χ3v) is 3.53. The van der Waals surface area contributed by atoms with Crippen LogP contribution in [0.3, 0.4) is 0 Å². The van der Waals surface area contributed by atoms with Crippen molar-refractivity contribution >= 4 is 12.5 Å². The Labute approximate surface area is 109 Å². The summed E-state index contributed by atoms with van der Waals surface area (Å²) in [6, 6.07) is 10.8. The number of hydrogen-bond acceptors (Lipinski definition) is 2. The minimum absolute atomic E-state index is 0.543. The van der Waals surface area contributed by atoms with Crippen LogP contribution in [-0.4, -0.2) is 42.4 Å². The molecule has 0 bridgehead atoms. The summed E-state index contributed by atoms with van der Waals surface area (Å²) in [5.41, 5.74) is 1.22. The number of benzene rings is 1. The van der Waals surface area contributed by atoms with E-state index in [1.807, 2.05) is 23.1 Å². The van der Waals surface area contributed by atoms with Crippen molar-refractivity contribution in [3.8, 4) is 0 Å². The first-order valence-corrected chi connectivity index (χ1v) is 6.44. The zero-order valence-corrected chi connectivity index (χ0v) is 10.8. The standard InChI is InChI=1S/C15H20N2O/c1-16(10-7-14-5-3-2-4-6-14)15-8-11-17(13-18)12-9-15/h2-7,10,13,15H,8-9,11-12H2,1H3. The molecule has 1 saturated heterocycles. The summed E-state index contributed by atoms with van der Waals surface area (Å²) in [5.74, 6) is 0. The van der Waals surface area contributed by atoms with Crippen LogP contribution < -0.4 is 0 Å². The maximum atomic E-state index is 10.6. The Bertz CT molecular complexity index is 394. The molecule has 1 aliphatic heterocycles. The molecule has 1 aromatic carbocycles. The first kappa shape index (κ1) is 12.7. The van der Waals surface area contributed by atoms with Crippen LogP contribution in [0.2, 0.25) is 0 Å². The monoisotopic (exact) mass is 244 g/mol. The van der Waals surface area contributed by atoms with Gasteiger partial charge in [-0.15, -0.1) is 0 Å². The Kier molecular flexibility index (Phi) is 4.40. The fraction of sp³-hybridized carbons (Fsp3) is 0.400. The zero-order valence-electron chi connectivity index (χ0n) is 10.8. The van der Waals surface area contributed by atoms with E-state index in [4.69, 9.17) is 0 Å². The quantitative estimate of drug-likeness (QED) is 0.758. The molecule has 0 saturated carbocycles. The van der Waals surface area contributed by atoms with Crippen molar-refractivity contribution in [2.45, 2.75) is 18.9 Å². The van der Waals surface area contributed by atoms with Crippen molar-refractivity contribution in [3.05, 3.63) is 42.1 Å². The first-order chi connectivity index (χ1) is 8.79.